The van der Waals surface area contributed by atoms with Crippen LogP contribution in [0.4, 0.5) is 0 Å². The van der Waals surface area contributed by atoms with Crippen LogP contribution in [0.5, 0.6) is 5.75 Å². The van der Waals surface area contributed by atoms with Crippen molar-refractivity contribution in [3.05, 3.63) is 66.4 Å². The van der Waals surface area contributed by atoms with E-state index in [0.717, 1.165) is 22.2 Å². The fourth-order valence-corrected chi connectivity index (χ4v) is 2.49. The Morgan fingerprint density at radius 3 is 2.52 bits per heavy atom. The largest absolute Gasteiger partial charge is 0.492 e. The van der Waals surface area contributed by atoms with Gasteiger partial charge in [0.1, 0.15) is 12.4 Å². The van der Waals surface area contributed by atoms with E-state index in [1.54, 1.807) is 6.92 Å². The number of Topliss-reactive ketones (excluding diaryl/α,β-unsaturated/α-hetero) is 1. The van der Waals surface area contributed by atoms with Crippen LogP contribution in [0.25, 0.3) is 10.9 Å². The van der Waals surface area contributed by atoms with Crippen molar-refractivity contribution >= 4 is 16.7 Å². The van der Waals surface area contributed by atoms with E-state index in [0.29, 0.717) is 13.2 Å². The van der Waals surface area contributed by atoms with Gasteiger partial charge in [0.15, 0.2) is 5.78 Å². The van der Waals surface area contributed by atoms with Crippen LogP contribution in [0.3, 0.4) is 0 Å². The van der Waals surface area contributed by atoms with E-state index in [9.17, 15) is 4.79 Å². The van der Waals surface area contributed by atoms with Crippen molar-refractivity contribution in [3.8, 4) is 5.75 Å². The highest BCUT2D eigenvalue weighted by Gasteiger charge is 2.11. The highest BCUT2D eigenvalue weighted by atomic mass is 16.5. The van der Waals surface area contributed by atoms with Gasteiger partial charge < -0.3 is 9.30 Å². The Hall–Kier alpha value is -2.55. The number of carbonyl (C=O) groups is 1. The summed E-state index contributed by atoms with van der Waals surface area (Å²) < 4.78 is 7.80. The zero-order valence-electron chi connectivity index (χ0n) is 12.0. The molecule has 3 heteroatoms. The molecule has 0 aliphatic rings. The van der Waals surface area contributed by atoms with Crippen molar-refractivity contribution < 1.29 is 9.53 Å². The molecule has 0 bridgehead atoms. The Morgan fingerprint density at radius 2 is 1.76 bits per heavy atom. The van der Waals surface area contributed by atoms with Crippen LogP contribution in [-0.4, -0.2) is 17.0 Å². The number of nitrogens with zero attached hydrogens (tertiary/aromatic N) is 1. The monoisotopic (exact) mass is 279 g/mol. The number of ketones is 1. The van der Waals surface area contributed by atoms with Gasteiger partial charge in [0.05, 0.1) is 6.54 Å². The summed E-state index contributed by atoms with van der Waals surface area (Å²) in [5.41, 5.74) is 1.84. The fourth-order valence-electron chi connectivity index (χ4n) is 2.49. The molecule has 0 aliphatic heterocycles. The Labute approximate surface area is 123 Å². The van der Waals surface area contributed by atoms with Gasteiger partial charge in [0.25, 0.3) is 0 Å². The Kier molecular flexibility index (Phi) is 3.73. The van der Waals surface area contributed by atoms with Crippen LogP contribution < -0.4 is 4.74 Å². The summed E-state index contributed by atoms with van der Waals surface area (Å²) in [6, 6.07) is 17.7. The Morgan fingerprint density at radius 1 is 1.05 bits per heavy atom. The molecule has 2 aromatic carbocycles. The maximum absolute atomic E-state index is 11.7. The molecule has 0 amide bonds. The first-order chi connectivity index (χ1) is 10.3. The summed E-state index contributed by atoms with van der Waals surface area (Å²) in [5, 5.41) is 1.00. The first kappa shape index (κ1) is 13.4. The van der Waals surface area contributed by atoms with Crippen LogP contribution in [0.15, 0.2) is 60.8 Å². The third kappa shape index (κ3) is 2.82. The smallest absolute Gasteiger partial charge is 0.161 e. The molecule has 106 valence electrons. The molecular weight excluding hydrogens is 262 g/mol. The lowest BCUT2D eigenvalue weighted by atomic mass is 10.1. The molecule has 3 aromatic rings. The number of para-hydroxylation sites is 2. The molecule has 3 rings (SSSR count). The highest BCUT2D eigenvalue weighted by molar-refractivity contribution is 6.06. The van der Waals surface area contributed by atoms with E-state index in [1.807, 2.05) is 60.8 Å². The van der Waals surface area contributed by atoms with Gasteiger partial charge in [-0.1, -0.05) is 36.4 Å². The van der Waals surface area contributed by atoms with Gasteiger partial charge in [-0.25, -0.2) is 0 Å². The van der Waals surface area contributed by atoms with Crippen molar-refractivity contribution in [1.29, 1.82) is 0 Å². The molecule has 0 radical (unpaired) electrons. The van der Waals surface area contributed by atoms with E-state index in [2.05, 4.69) is 4.57 Å². The molecule has 0 atom stereocenters. The molecule has 0 aliphatic carbocycles. The van der Waals surface area contributed by atoms with E-state index in [4.69, 9.17) is 4.74 Å². The topological polar surface area (TPSA) is 31.2 Å². The number of rotatable bonds is 5. The molecule has 21 heavy (non-hydrogen) atoms. The van der Waals surface area contributed by atoms with E-state index < -0.39 is 0 Å². The second kappa shape index (κ2) is 5.83. The number of fused-ring (bicyclic) bond motifs is 1. The lowest BCUT2D eigenvalue weighted by Gasteiger charge is -2.08. The number of carbonyl (C=O) groups excluding carboxylic acids is 1. The minimum Gasteiger partial charge on any atom is -0.492 e. The number of hydrogen-bond acceptors (Lipinski definition) is 2. The molecule has 0 saturated carbocycles. The van der Waals surface area contributed by atoms with Crippen molar-refractivity contribution in [1.82, 2.24) is 4.57 Å². The Bertz CT molecular complexity index is 759. The first-order valence-corrected chi connectivity index (χ1v) is 7.02. The average molecular weight is 279 g/mol. The van der Waals surface area contributed by atoms with Gasteiger partial charge in [-0.15, -0.1) is 0 Å². The van der Waals surface area contributed by atoms with Crippen LogP contribution in [0.1, 0.15) is 17.3 Å². The number of hydrogen-bond donors (Lipinski definition) is 0. The van der Waals surface area contributed by atoms with Gasteiger partial charge >= 0.3 is 0 Å². The summed E-state index contributed by atoms with van der Waals surface area (Å²) in [4.78, 5) is 11.7. The van der Waals surface area contributed by atoms with Gasteiger partial charge in [-0.2, -0.15) is 0 Å². The van der Waals surface area contributed by atoms with Gasteiger partial charge in [-0.3, -0.25) is 4.79 Å². The normalized spacial score (nSPS) is 10.7. The van der Waals surface area contributed by atoms with Crippen molar-refractivity contribution in [2.75, 3.05) is 6.61 Å². The summed E-state index contributed by atoms with van der Waals surface area (Å²) in [6.07, 6.45) is 1.92. The zero-order valence-corrected chi connectivity index (χ0v) is 12.0. The molecule has 0 N–H and O–H groups in total. The number of ether oxygens (including phenoxy) is 1. The third-order valence-electron chi connectivity index (χ3n) is 3.51. The molecule has 1 aromatic heterocycles. The van der Waals surface area contributed by atoms with Crippen LogP contribution in [-0.2, 0) is 6.54 Å². The summed E-state index contributed by atoms with van der Waals surface area (Å²) >= 11 is 0. The minimum atomic E-state index is 0.0916. The molecule has 0 fully saturated rings. The second-order valence-corrected chi connectivity index (χ2v) is 4.97. The van der Waals surface area contributed by atoms with Gasteiger partial charge in [-0.05, 0) is 25.1 Å². The predicted molar refractivity (Wildman–Crippen MR) is 83.9 cm³/mol. The second-order valence-electron chi connectivity index (χ2n) is 4.97. The fraction of sp³-hybridized carbons (Fsp3) is 0.167. The molecular formula is C18H17NO2. The van der Waals surface area contributed by atoms with Crippen LogP contribution in [0.2, 0.25) is 0 Å². The SMILES string of the molecule is CC(=O)c1cn(CCOc2ccccc2)c2ccccc12. The maximum Gasteiger partial charge on any atom is 0.161 e. The van der Waals surface area contributed by atoms with Gasteiger partial charge in [0.2, 0.25) is 0 Å². The van der Waals surface area contributed by atoms with E-state index in [1.165, 1.54) is 0 Å². The maximum atomic E-state index is 11.7. The van der Waals surface area contributed by atoms with Crippen molar-refractivity contribution in [2.24, 2.45) is 0 Å². The lowest BCUT2D eigenvalue weighted by molar-refractivity contribution is 0.101. The van der Waals surface area contributed by atoms with Crippen molar-refractivity contribution in [2.45, 2.75) is 13.5 Å². The molecule has 1 heterocycles. The Balaban J connectivity index is 1.79. The number of aromatic nitrogens is 1. The minimum absolute atomic E-state index is 0.0916. The molecule has 0 unspecified atom stereocenters. The van der Waals surface area contributed by atoms with Crippen LogP contribution >= 0.6 is 0 Å². The van der Waals surface area contributed by atoms with Crippen LogP contribution in [0, 0.1) is 0 Å². The third-order valence-corrected chi connectivity index (χ3v) is 3.51. The standard InChI is InChI=1S/C18H17NO2/c1-14(20)17-13-19(18-10-6-5-9-16(17)18)11-12-21-15-7-3-2-4-8-15/h2-10,13H,11-12H2,1H3. The molecule has 0 spiro atoms. The summed E-state index contributed by atoms with van der Waals surface area (Å²) in [5.74, 6) is 0.953. The highest BCUT2D eigenvalue weighted by Crippen LogP contribution is 2.21. The quantitative estimate of drug-likeness (QED) is 0.663. The van der Waals surface area contributed by atoms with E-state index >= 15 is 0 Å². The van der Waals surface area contributed by atoms with E-state index in [-0.39, 0.29) is 5.78 Å². The summed E-state index contributed by atoms with van der Waals surface area (Å²) in [6.45, 7) is 2.88. The number of benzene rings is 2. The molecule has 3 nitrogen and oxygen atoms in total. The lowest BCUT2D eigenvalue weighted by Crippen LogP contribution is -2.07. The average Bonchev–Trinajstić information content (AvgIpc) is 2.88. The summed E-state index contributed by atoms with van der Waals surface area (Å²) in [7, 11) is 0. The zero-order chi connectivity index (χ0) is 14.7. The van der Waals surface area contributed by atoms with Crippen molar-refractivity contribution in [3.63, 3.8) is 0 Å². The van der Waals surface area contributed by atoms with Gasteiger partial charge in [0, 0.05) is 22.7 Å². The first-order valence-electron chi connectivity index (χ1n) is 7.02. The molecule has 0 saturated heterocycles. The predicted octanol–water partition coefficient (Wildman–Crippen LogP) is 3.92.